The summed E-state index contributed by atoms with van der Waals surface area (Å²) in [5, 5.41) is 13.7. The van der Waals surface area contributed by atoms with Crippen molar-refractivity contribution in [2.75, 3.05) is 7.11 Å². The molecule has 1 heterocycles. The summed E-state index contributed by atoms with van der Waals surface area (Å²) >= 11 is 1.30. The number of carbonyl (C=O) groups excluding carboxylic acids is 2. The van der Waals surface area contributed by atoms with Gasteiger partial charge in [-0.25, -0.2) is 4.79 Å². The molecule has 1 atom stereocenters. The van der Waals surface area contributed by atoms with Gasteiger partial charge in [-0.05, 0) is 29.1 Å². The first-order valence-electron chi connectivity index (χ1n) is 6.30. The smallest absolute Gasteiger partial charge is 0.328 e. The van der Waals surface area contributed by atoms with Crippen LogP contribution in [-0.2, 0) is 16.0 Å². The summed E-state index contributed by atoms with van der Waals surface area (Å²) in [7, 11) is 1.28. The third-order valence-electron chi connectivity index (χ3n) is 2.91. The lowest BCUT2D eigenvalue weighted by atomic mass is 10.1. The molecule has 0 aliphatic heterocycles. The number of thiophene rings is 1. The molecule has 2 rings (SSSR count). The zero-order valence-electron chi connectivity index (χ0n) is 11.4. The van der Waals surface area contributed by atoms with Crippen LogP contribution in [-0.4, -0.2) is 30.1 Å². The maximum atomic E-state index is 12.0. The van der Waals surface area contributed by atoms with Gasteiger partial charge < -0.3 is 15.2 Å². The zero-order valence-corrected chi connectivity index (χ0v) is 12.2. The molecule has 0 saturated carbocycles. The second-order valence-electron chi connectivity index (χ2n) is 4.40. The monoisotopic (exact) mass is 305 g/mol. The van der Waals surface area contributed by atoms with Gasteiger partial charge in [-0.3, -0.25) is 4.79 Å². The quantitative estimate of drug-likeness (QED) is 0.828. The van der Waals surface area contributed by atoms with Gasteiger partial charge in [0.1, 0.15) is 11.8 Å². The van der Waals surface area contributed by atoms with Crippen LogP contribution in [0.15, 0.2) is 41.8 Å². The Morgan fingerprint density at radius 1 is 1.29 bits per heavy atom. The van der Waals surface area contributed by atoms with E-state index in [1.165, 1.54) is 30.6 Å². The molecule has 110 valence electrons. The van der Waals surface area contributed by atoms with E-state index in [2.05, 4.69) is 5.32 Å². The summed E-state index contributed by atoms with van der Waals surface area (Å²) in [5.41, 5.74) is 0.815. The van der Waals surface area contributed by atoms with Crippen LogP contribution in [0.2, 0.25) is 0 Å². The number of benzene rings is 1. The van der Waals surface area contributed by atoms with Crippen LogP contribution in [0.25, 0.3) is 0 Å². The molecular formula is C15H15NO4S. The van der Waals surface area contributed by atoms with Crippen LogP contribution < -0.4 is 5.32 Å². The molecule has 1 amide bonds. The number of nitrogens with one attached hydrogen (secondary N) is 1. The third kappa shape index (κ3) is 4.06. The number of aromatic hydroxyl groups is 1. The zero-order chi connectivity index (χ0) is 15.2. The Labute approximate surface area is 126 Å². The lowest BCUT2D eigenvalue weighted by Crippen LogP contribution is -2.42. The Bertz CT molecular complexity index is 607. The Morgan fingerprint density at radius 3 is 2.57 bits per heavy atom. The standard InChI is InChI=1S/C15H15NO4S/c1-20-15(19)12(9-10-4-6-11(17)7-5-10)16-14(18)13-3-2-8-21-13/h2-8,12,17H,9H2,1H3,(H,16,18)/t12-/m0/s1. The lowest BCUT2D eigenvalue weighted by molar-refractivity contribution is -0.142. The minimum absolute atomic E-state index is 0.149. The number of methoxy groups -OCH3 is 1. The van der Waals surface area contributed by atoms with Gasteiger partial charge in [-0.1, -0.05) is 18.2 Å². The third-order valence-corrected chi connectivity index (χ3v) is 3.78. The molecule has 0 spiro atoms. The Kier molecular flexibility index (Phi) is 4.94. The van der Waals surface area contributed by atoms with Gasteiger partial charge >= 0.3 is 5.97 Å². The van der Waals surface area contributed by atoms with Crippen molar-refractivity contribution in [1.29, 1.82) is 0 Å². The van der Waals surface area contributed by atoms with Gasteiger partial charge in [-0.15, -0.1) is 11.3 Å². The van der Waals surface area contributed by atoms with Crippen molar-refractivity contribution in [3.63, 3.8) is 0 Å². The van der Waals surface area contributed by atoms with Crippen molar-refractivity contribution in [2.45, 2.75) is 12.5 Å². The number of hydrogen-bond donors (Lipinski definition) is 2. The molecule has 6 heteroatoms. The van der Waals surface area contributed by atoms with E-state index in [1.54, 1.807) is 29.6 Å². The lowest BCUT2D eigenvalue weighted by Gasteiger charge is -2.16. The van der Waals surface area contributed by atoms with Gasteiger partial charge in [0.2, 0.25) is 0 Å². The minimum atomic E-state index is -0.769. The predicted octanol–water partition coefficient (Wildman–Crippen LogP) is 1.97. The van der Waals surface area contributed by atoms with Gasteiger partial charge in [0, 0.05) is 6.42 Å². The van der Waals surface area contributed by atoms with Crippen molar-refractivity contribution < 1.29 is 19.4 Å². The molecule has 0 aliphatic carbocycles. The second-order valence-corrected chi connectivity index (χ2v) is 5.34. The number of phenols is 1. The first kappa shape index (κ1) is 15.1. The summed E-state index contributed by atoms with van der Waals surface area (Å²) in [6, 6.07) is 9.15. The van der Waals surface area contributed by atoms with Crippen LogP contribution >= 0.6 is 11.3 Å². The van der Waals surface area contributed by atoms with Crippen LogP contribution in [0.5, 0.6) is 5.75 Å². The second kappa shape index (κ2) is 6.90. The number of esters is 1. The minimum Gasteiger partial charge on any atom is -0.508 e. The highest BCUT2D eigenvalue weighted by Crippen LogP contribution is 2.13. The van der Waals surface area contributed by atoms with Crippen LogP contribution in [0.1, 0.15) is 15.2 Å². The SMILES string of the molecule is COC(=O)[C@H](Cc1ccc(O)cc1)NC(=O)c1cccs1. The van der Waals surface area contributed by atoms with E-state index in [0.29, 0.717) is 11.3 Å². The largest absolute Gasteiger partial charge is 0.508 e. The average molecular weight is 305 g/mol. The highest BCUT2D eigenvalue weighted by Gasteiger charge is 2.22. The molecule has 2 N–H and O–H groups in total. The number of rotatable bonds is 5. The molecule has 5 nitrogen and oxygen atoms in total. The molecule has 0 aliphatic rings. The fourth-order valence-corrected chi connectivity index (χ4v) is 2.47. The molecule has 0 bridgehead atoms. The van der Waals surface area contributed by atoms with Gasteiger partial charge in [0.25, 0.3) is 5.91 Å². The number of hydrogen-bond acceptors (Lipinski definition) is 5. The van der Waals surface area contributed by atoms with E-state index in [4.69, 9.17) is 4.74 Å². The van der Waals surface area contributed by atoms with Gasteiger partial charge in [-0.2, -0.15) is 0 Å². The van der Waals surface area contributed by atoms with Crippen molar-refractivity contribution in [3.05, 3.63) is 52.2 Å². The highest BCUT2D eigenvalue weighted by atomic mass is 32.1. The van der Waals surface area contributed by atoms with E-state index >= 15 is 0 Å². The van der Waals surface area contributed by atoms with E-state index in [-0.39, 0.29) is 11.7 Å². The summed E-state index contributed by atoms with van der Waals surface area (Å²) in [6.07, 6.45) is 0.296. The number of amides is 1. The Hall–Kier alpha value is -2.34. The summed E-state index contributed by atoms with van der Waals surface area (Å²) in [6.45, 7) is 0. The molecule has 21 heavy (non-hydrogen) atoms. The van der Waals surface area contributed by atoms with Crippen molar-refractivity contribution in [3.8, 4) is 5.75 Å². The van der Waals surface area contributed by atoms with Crippen LogP contribution in [0.3, 0.4) is 0 Å². The predicted molar refractivity (Wildman–Crippen MR) is 79.4 cm³/mol. The van der Waals surface area contributed by atoms with E-state index in [9.17, 15) is 14.7 Å². The topological polar surface area (TPSA) is 75.6 Å². The number of ether oxygens (including phenoxy) is 1. The fraction of sp³-hybridized carbons (Fsp3) is 0.200. The first-order chi connectivity index (χ1) is 10.1. The maximum absolute atomic E-state index is 12.0. The van der Waals surface area contributed by atoms with Crippen LogP contribution in [0.4, 0.5) is 0 Å². The van der Waals surface area contributed by atoms with Crippen molar-refractivity contribution in [2.24, 2.45) is 0 Å². The molecule has 1 aromatic carbocycles. The average Bonchev–Trinajstić information content (AvgIpc) is 3.02. The molecule has 0 saturated heterocycles. The van der Waals surface area contributed by atoms with Gasteiger partial charge in [0.15, 0.2) is 0 Å². The Balaban J connectivity index is 2.09. The molecule has 2 aromatic rings. The van der Waals surface area contributed by atoms with Crippen molar-refractivity contribution in [1.82, 2.24) is 5.32 Å². The van der Waals surface area contributed by atoms with Crippen molar-refractivity contribution >= 4 is 23.2 Å². The molecular weight excluding hydrogens is 290 g/mol. The first-order valence-corrected chi connectivity index (χ1v) is 7.18. The summed E-state index contributed by atoms with van der Waals surface area (Å²) < 4.78 is 4.73. The molecule has 0 fully saturated rings. The van der Waals surface area contributed by atoms with Gasteiger partial charge in [0.05, 0.1) is 12.0 Å². The normalized spacial score (nSPS) is 11.7. The molecule has 1 aromatic heterocycles. The van der Waals surface area contributed by atoms with E-state index < -0.39 is 12.0 Å². The maximum Gasteiger partial charge on any atom is 0.328 e. The summed E-state index contributed by atoms with van der Waals surface area (Å²) in [4.78, 5) is 24.4. The van der Waals surface area contributed by atoms with E-state index in [0.717, 1.165) is 5.56 Å². The summed E-state index contributed by atoms with van der Waals surface area (Å²) in [5.74, 6) is -0.664. The highest BCUT2D eigenvalue weighted by molar-refractivity contribution is 7.12. The molecule has 0 unspecified atom stereocenters. The number of carbonyl (C=O) groups is 2. The molecule has 0 radical (unpaired) electrons. The van der Waals surface area contributed by atoms with E-state index in [1.807, 2.05) is 0 Å². The fourth-order valence-electron chi connectivity index (χ4n) is 1.84. The Morgan fingerprint density at radius 2 is 2.00 bits per heavy atom. The number of phenolic OH excluding ortho intramolecular Hbond substituents is 1. The van der Waals surface area contributed by atoms with Crippen LogP contribution in [0, 0.1) is 0 Å².